The minimum absolute atomic E-state index is 0.277. The molecule has 1 aliphatic heterocycles. The molecular weight excluding hydrogens is 226 g/mol. The fourth-order valence-electron chi connectivity index (χ4n) is 2.62. The summed E-state index contributed by atoms with van der Waals surface area (Å²) in [6.07, 6.45) is 2.42. The first-order valence-electron chi connectivity index (χ1n) is 5.97. The molecule has 2 rings (SSSR count). The Morgan fingerprint density at radius 3 is 2.25 bits per heavy atom. The second kappa shape index (κ2) is 4.25. The second-order valence-electron chi connectivity index (χ2n) is 4.86. The highest BCUT2D eigenvalue weighted by Gasteiger charge is 2.54. The molecule has 0 amide bonds. The molecule has 0 aromatic rings. The zero-order chi connectivity index (χ0) is 11.8. The zero-order valence-electron chi connectivity index (χ0n) is 9.78. The van der Waals surface area contributed by atoms with Crippen molar-refractivity contribution in [3.63, 3.8) is 0 Å². The Balaban J connectivity index is 2.22. The Morgan fingerprint density at radius 1 is 1.31 bits per heavy atom. The molecule has 1 atom stereocenters. The minimum atomic E-state index is -3.22. The molecule has 0 spiro atoms. The third-order valence-electron chi connectivity index (χ3n) is 3.96. The van der Waals surface area contributed by atoms with E-state index in [1.54, 1.807) is 4.31 Å². The van der Waals surface area contributed by atoms with Gasteiger partial charge in [-0.05, 0) is 19.8 Å². The standard InChI is InChI=1S/C10H21N3O2S/c1-9(11)10(3-2-4-10)16(14,15)13-7-5-12-6-8-13/h9,12H,2-8,11H2,1H3. The fourth-order valence-corrected chi connectivity index (χ4v) is 5.07. The molecule has 1 aliphatic carbocycles. The maximum Gasteiger partial charge on any atom is 0.221 e. The van der Waals surface area contributed by atoms with Gasteiger partial charge in [-0.1, -0.05) is 6.42 Å². The summed E-state index contributed by atoms with van der Waals surface area (Å²) in [5, 5.41) is 3.17. The number of piperazine rings is 1. The van der Waals surface area contributed by atoms with Crippen LogP contribution in [0.1, 0.15) is 26.2 Å². The summed E-state index contributed by atoms with van der Waals surface area (Å²) >= 11 is 0. The lowest BCUT2D eigenvalue weighted by atomic mass is 9.79. The van der Waals surface area contributed by atoms with Crippen molar-refractivity contribution < 1.29 is 8.42 Å². The van der Waals surface area contributed by atoms with Gasteiger partial charge in [0.2, 0.25) is 10.0 Å². The highest BCUT2D eigenvalue weighted by molar-refractivity contribution is 7.90. The van der Waals surface area contributed by atoms with E-state index < -0.39 is 14.8 Å². The summed E-state index contributed by atoms with van der Waals surface area (Å²) in [5.41, 5.74) is 5.90. The monoisotopic (exact) mass is 247 g/mol. The van der Waals surface area contributed by atoms with Crippen molar-refractivity contribution in [2.75, 3.05) is 26.2 Å². The lowest BCUT2D eigenvalue weighted by Crippen LogP contribution is -2.63. The normalized spacial score (nSPS) is 28.4. The average Bonchev–Trinajstić information content (AvgIpc) is 2.16. The van der Waals surface area contributed by atoms with Gasteiger partial charge in [-0.2, -0.15) is 4.31 Å². The molecule has 5 nitrogen and oxygen atoms in total. The lowest BCUT2D eigenvalue weighted by molar-refractivity contribution is 0.263. The van der Waals surface area contributed by atoms with Gasteiger partial charge in [-0.25, -0.2) is 8.42 Å². The Kier molecular flexibility index (Phi) is 3.27. The van der Waals surface area contributed by atoms with Gasteiger partial charge < -0.3 is 11.1 Å². The smallest absolute Gasteiger partial charge is 0.221 e. The van der Waals surface area contributed by atoms with E-state index >= 15 is 0 Å². The predicted molar refractivity (Wildman–Crippen MR) is 63.6 cm³/mol. The first kappa shape index (κ1) is 12.3. The summed E-state index contributed by atoms with van der Waals surface area (Å²) in [6, 6.07) is -0.277. The lowest BCUT2D eigenvalue weighted by Gasteiger charge is -2.47. The minimum Gasteiger partial charge on any atom is -0.326 e. The molecule has 16 heavy (non-hydrogen) atoms. The molecule has 2 aliphatic rings. The Hall–Kier alpha value is -0.170. The number of sulfonamides is 1. The molecule has 1 unspecified atom stereocenters. The van der Waals surface area contributed by atoms with Gasteiger partial charge in [0.1, 0.15) is 4.75 Å². The first-order chi connectivity index (χ1) is 7.51. The van der Waals surface area contributed by atoms with Crippen LogP contribution in [0.2, 0.25) is 0 Å². The van der Waals surface area contributed by atoms with Gasteiger partial charge in [0.15, 0.2) is 0 Å². The summed E-state index contributed by atoms with van der Waals surface area (Å²) in [4.78, 5) is 0. The Morgan fingerprint density at radius 2 is 1.88 bits per heavy atom. The summed E-state index contributed by atoms with van der Waals surface area (Å²) in [5.74, 6) is 0. The first-order valence-corrected chi connectivity index (χ1v) is 7.41. The highest BCUT2D eigenvalue weighted by atomic mass is 32.2. The van der Waals surface area contributed by atoms with Crippen molar-refractivity contribution in [2.45, 2.75) is 37.0 Å². The van der Waals surface area contributed by atoms with E-state index in [2.05, 4.69) is 5.32 Å². The topological polar surface area (TPSA) is 75.4 Å². The third-order valence-corrected chi connectivity index (χ3v) is 6.81. The van der Waals surface area contributed by atoms with Crippen molar-refractivity contribution in [3.8, 4) is 0 Å². The van der Waals surface area contributed by atoms with Crippen LogP contribution in [-0.4, -0.2) is 49.7 Å². The molecular formula is C10H21N3O2S. The van der Waals surface area contributed by atoms with Crippen LogP contribution in [0.5, 0.6) is 0 Å². The molecule has 6 heteroatoms. The molecule has 0 bridgehead atoms. The van der Waals surface area contributed by atoms with Crippen molar-refractivity contribution in [2.24, 2.45) is 5.73 Å². The summed E-state index contributed by atoms with van der Waals surface area (Å²) in [6.45, 7) is 4.47. The van der Waals surface area contributed by atoms with Gasteiger partial charge in [-0.3, -0.25) is 0 Å². The Bertz CT molecular complexity index is 343. The summed E-state index contributed by atoms with van der Waals surface area (Å²) in [7, 11) is -3.22. The molecule has 0 aromatic carbocycles. The fraction of sp³-hybridized carbons (Fsp3) is 1.00. The van der Waals surface area contributed by atoms with Crippen LogP contribution in [0.4, 0.5) is 0 Å². The van der Waals surface area contributed by atoms with Crippen LogP contribution in [0.3, 0.4) is 0 Å². The van der Waals surface area contributed by atoms with Crippen molar-refractivity contribution in [3.05, 3.63) is 0 Å². The van der Waals surface area contributed by atoms with E-state index in [9.17, 15) is 8.42 Å². The van der Waals surface area contributed by atoms with Crippen LogP contribution in [0, 0.1) is 0 Å². The van der Waals surface area contributed by atoms with Gasteiger partial charge in [0, 0.05) is 32.2 Å². The summed E-state index contributed by atoms with van der Waals surface area (Å²) < 4.78 is 26.0. The number of nitrogens with zero attached hydrogens (tertiary/aromatic N) is 1. The second-order valence-corrected chi connectivity index (χ2v) is 7.14. The quantitative estimate of drug-likeness (QED) is 0.704. The van der Waals surface area contributed by atoms with Gasteiger partial charge >= 0.3 is 0 Å². The highest BCUT2D eigenvalue weighted by Crippen LogP contribution is 2.43. The Labute approximate surface area is 97.4 Å². The van der Waals surface area contributed by atoms with Crippen molar-refractivity contribution in [1.82, 2.24) is 9.62 Å². The van der Waals surface area contributed by atoms with E-state index in [0.29, 0.717) is 13.1 Å². The number of rotatable bonds is 3. The zero-order valence-corrected chi connectivity index (χ0v) is 10.6. The van der Waals surface area contributed by atoms with Crippen molar-refractivity contribution >= 4 is 10.0 Å². The van der Waals surface area contributed by atoms with E-state index in [1.165, 1.54) is 0 Å². The molecule has 0 radical (unpaired) electrons. The number of hydrogen-bond acceptors (Lipinski definition) is 4. The SMILES string of the molecule is CC(N)C1(S(=O)(=O)N2CCNCC2)CCC1. The van der Waals surface area contributed by atoms with Crippen LogP contribution < -0.4 is 11.1 Å². The molecule has 3 N–H and O–H groups in total. The van der Waals surface area contributed by atoms with Gasteiger partial charge in [-0.15, -0.1) is 0 Å². The molecule has 1 saturated carbocycles. The molecule has 2 fully saturated rings. The van der Waals surface area contributed by atoms with Crippen LogP contribution in [0.25, 0.3) is 0 Å². The number of nitrogens with one attached hydrogen (secondary N) is 1. The average molecular weight is 247 g/mol. The van der Waals surface area contributed by atoms with E-state index in [-0.39, 0.29) is 6.04 Å². The van der Waals surface area contributed by atoms with Crippen LogP contribution in [0.15, 0.2) is 0 Å². The molecule has 0 aromatic heterocycles. The van der Waals surface area contributed by atoms with E-state index in [1.807, 2.05) is 6.92 Å². The molecule has 94 valence electrons. The van der Waals surface area contributed by atoms with Crippen LogP contribution in [-0.2, 0) is 10.0 Å². The van der Waals surface area contributed by atoms with Crippen LogP contribution >= 0.6 is 0 Å². The number of nitrogens with two attached hydrogens (primary N) is 1. The predicted octanol–water partition coefficient (Wildman–Crippen LogP) is -0.509. The number of hydrogen-bond donors (Lipinski definition) is 2. The molecule has 1 heterocycles. The van der Waals surface area contributed by atoms with Gasteiger partial charge in [0.05, 0.1) is 0 Å². The van der Waals surface area contributed by atoms with E-state index in [0.717, 1.165) is 32.4 Å². The maximum absolute atomic E-state index is 12.5. The van der Waals surface area contributed by atoms with Gasteiger partial charge in [0.25, 0.3) is 0 Å². The molecule has 1 saturated heterocycles. The van der Waals surface area contributed by atoms with E-state index in [4.69, 9.17) is 5.73 Å². The largest absolute Gasteiger partial charge is 0.326 e. The van der Waals surface area contributed by atoms with Crippen molar-refractivity contribution in [1.29, 1.82) is 0 Å². The third kappa shape index (κ3) is 1.68. The maximum atomic E-state index is 12.5.